The van der Waals surface area contributed by atoms with Crippen molar-refractivity contribution in [1.82, 2.24) is 0 Å². The number of rotatable bonds is 2. The molecule has 0 unspecified atom stereocenters. The molecular weight excluding hydrogens is 164 g/mol. The number of aryl methyl sites for hydroxylation is 1. The molecule has 0 fully saturated rings. The first kappa shape index (κ1) is 9.90. The number of hydrogen-bond acceptors (Lipinski definition) is 2. The highest BCUT2D eigenvalue weighted by Crippen LogP contribution is 2.33. The van der Waals surface area contributed by atoms with Gasteiger partial charge in [0, 0.05) is 5.56 Å². The van der Waals surface area contributed by atoms with E-state index in [4.69, 9.17) is 9.47 Å². The van der Waals surface area contributed by atoms with Crippen molar-refractivity contribution in [1.29, 1.82) is 0 Å². The molecule has 0 atom stereocenters. The lowest BCUT2D eigenvalue weighted by molar-refractivity contribution is 0.386. The highest BCUT2D eigenvalue weighted by Gasteiger charge is 2.10. The first-order chi connectivity index (χ1) is 6.11. The van der Waals surface area contributed by atoms with Crippen LogP contribution in [0.4, 0.5) is 0 Å². The molecule has 0 N–H and O–H groups in total. The van der Waals surface area contributed by atoms with Crippen LogP contribution in [0, 0.1) is 20.8 Å². The monoisotopic (exact) mass is 180 g/mol. The summed E-state index contributed by atoms with van der Waals surface area (Å²) in [6.45, 7) is 6.12. The fraction of sp³-hybridized carbons (Fsp3) is 0.455. The molecule has 0 heterocycles. The second kappa shape index (κ2) is 3.69. The van der Waals surface area contributed by atoms with Gasteiger partial charge in [-0.1, -0.05) is 0 Å². The van der Waals surface area contributed by atoms with Gasteiger partial charge in [0.15, 0.2) is 0 Å². The highest BCUT2D eigenvalue weighted by molar-refractivity contribution is 5.52. The van der Waals surface area contributed by atoms with E-state index >= 15 is 0 Å². The van der Waals surface area contributed by atoms with Crippen molar-refractivity contribution in [3.63, 3.8) is 0 Å². The Bertz CT molecular complexity index is 316. The van der Waals surface area contributed by atoms with Crippen LogP contribution >= 0.6 is 0 Å². The lowest BCUT2D eigenvalue weighted by Crippen LogP contribution is -1.97. The fourth-order valence-electron chi connectivity index (χ4n) is 1.50. The summed E-state index contributed by atoms with van der Waals surface area (Å²) < 4.78 is 10.6. The molecule has 72 valence electrons. The van der Waals surface area contributed by atoms with Gasteiger partial charge in [-0.3, -0.25) is 0 Å². The number of benzene rings is 1. The zero-order chi connectivity index (χ0) is 10.0. The third-order valence-electron chi connectivity index (χ3n) is 2.41. The van der Waals surface area contributed by atoms with Gasteiger partial charge in [0.25, 0.3) is 0 Å². The van der Waals surface area contributed by atoms with Crippen LogP contribution in [0.2, 0.25) is 0 Å². The second-order valence-electron chi connectivity index (χ2n) is 3.18. The minimum Gasteiger partial charge on any atom is -0.496 e. The summed E-state index contributed by atoms with van der Waals surface area (Å²) >= 11 is 0. The van der Waals surface area contributed by atoms with Crippen LogP contribution in [0.1, 0.15) is 16.7 Å². The predicted molar refractivity (Wildman–Crippen MR) is 53.8 cm³/mol. The maximum Gasteiger partial charge on any atom is 0.128 e. The first-order valence-electron chi connectivity index (χ1n) is 4.30. The van der Waals surface area contributed by atoms with Crippen molar-refractivity contribution in [3.05, 3.63) is 22.8 Å². The zero-order valence-electron chi connectivity index (χ0n) is 8.89. The molecule has 0 radical (unpaired) electrons. The molecule has 0 aromatic heterocycles. The molecule has 13 heavy (non-hydrogen) atoms. The Kier molecular flexibility index (Phi) is 2.81. The van der Waals surface area contributed by atoms with E-state index in [-0.39, 0.29) is 0 Å². The quantitative estimate of drug-likeness (QED) is 0.696. The van der Waals surface area contributed by atoms with Gasteiger partial charge < -0.3 is 9.47 Å². The van der Waals surface area contributed by atoms with Gasteiger partial charge in [0.05, 0.1) is 14.2 Å². The molecule has 0 saturated carbocycles. The van der Waals surface area contributed by atoms with Crippen molar-refractivity contribution in [2.75, 3.05) is 14.2 Å². The molecule has 0 bridgehead atoms. The molecule has 0 aliphatic heterocycles. The molecular formula is C11H16O2. The van der Waals surface area contributed by atoms with Crippen LogP contribution in [-0.2, 0) is 0 Å². The summed E-state index contributed by atoms with van der Waals surface area (Å²) in [5.74, 6) is 1.82. The predicted octanol–water partition coefficient (Wildman–Crippen LogP) is 2.63. The number of hydrogen-bond donors (Lipinski definition) is 0. The van der Waals surface area contributed by atoms with E-state index in [1.54, 1.807) is 14.2 Å². The minimum absolute atomic E-state index is 0.889. The van der Waals surface area contributed by atoms with E-state index in [2.05, 4.69) is 13.8 Å². The van der Waals surface area contributed by atoms with Crippen LogP contribution in [-0.4, -0.2) is 14.2 Å². The van der Waals surface area contributed by atoms with Crippen molar-refractivity contribution in [3.8, 4) is 11.5 Å². The summed E-state index contributed by atoms with van der Waals surface area (Å²) in [4.78, 5) is 0. The number of methoxy groups -OCH3 is 2. The Balaban J connectivity index is 3.39. The Hall–Kier alpha value is -1.18. The highest BCUT2D eigenvalue weighted by atomic mass is 16.5. The lowest BCUT2D eigenvalue weighted by atomic mass is 10.0. The van der Waals surface area contributed by atoms with E-state index in [0.717, 1.165) is 17.1 Å². The smallest absolute Gasteiger partial charge is 0.128 e. The van der Waals surface area contributed by atoms with E-state index in [1.807, 2.05) is 13.0 Å². The molecule has 1 rings (SSSR count). The average Bonchev–Trinajstić information content (AvgIpc) is 2.12. The molecule has 0 spiro atoms. The Morgan fingerprint density at radius 3 is 2.00 bits per heavy atom. The molecule has 1 aromatic carbocycles. The van der Waals surface area contributed by atoms with Crippen molar-refractivity contribution < 1.29 is 9.47 Å². The molecule has 1 aromatic rings. The van der Waals surface area contributed by atoms with Gasteiger partial charge in [0.1, 0.15) is 11.5 Å². The summed E-state index contributed by atoms with van der Waals surface area (Å²) in [7, 11) is 3.37. The third-order valence-corrected chi connectivity index (χ3v) is 2.41. The van der Waals surface area contributed by atoms with Crippen molar-refractivity contribution in [2.45, 2.75) is 20.8 Å². The normalized spacial score (nSPS) is 9.92. The lowest BCUT2D eigenvalue weighted by Gasteiger charge is -2.14. The first-order valence-corrected chi connectivity index (χ1v) is 4.30. The Morgan fingerprint density at radius 1 is 0.923 bits per heavy atom. The Morgan fingerprint density at radius 2 is 1.54 bits per heavy atom. The molecule has 0 saturated heterocycles. The SMILES string of the molecule is COc1cc(C)c(C)c(OC)c1C. The summed E-state index contributed by atoms with van der Waals surface area (Å²) in [6.07, 6.45) is 0. The minimum atomic E-state index is 0.889. The van der Waals surface area contributed by atoms with E-state index < -0.39 is 0 Å². The van der Waals surface area contributed by atoms with Gasteiger partial charge >= 0.3 is 0 Å². The fourth-order valence-corrected chi connectivity index (χ4v) is 1.50. The summed E-state index contributed by atoms with van der Waals surface area (Å²) in [5.41, 5.74) is 3.44. The average molecular weight is 180 g/mol. The molecule has 0 amide bonds. The topological polar surface area (TPSA) is 18.5 Å². The van der Waals surface area contributed by atoms with Gasteiger partial charge in [-0.2, -0.15) is 0 Å². The number of ether oxygens (including phenoxy) is 2. The largest absolute Gasteiger partial charge is 0.496 e. The third kappa shape index (κ3) is 1.62. The van der Waals surface area contributed by atoms with Crippen LogP contribution in [0.5, 0.6) is 11.5 Å². The second-order valence-corrected chi connectivity index (χ2v) is 3.18. The summed E-state index contributed by atoms with van der Waals surface area (Å²) in [5, 5.41) is 0. The maximum absolute atomic E-state index is 5.32. The van der Waals surface area contributed by atoms with E-state index in [0.29, 0.717) is 0 Å². The van der Waals surface area contributed by atoms with Crippen LogP contribution < -0.4 is 9.47 Å². The van der Waals surface area contributed by atoms with E-state index in [1.165, 1.54) is 11.1 Å². The van der Waals surface area contributed by atoms with E-state index in [9.17, 15) is 0 Å². The molecule has 0 aliphatic carbocycles. The zero-order valence-corrected chi connectivity index (χ0v) is 8.89. The van der Waals surface area contributed by atoms with Crippen LogP contribution in [0.15, 0.2) is 6.07 Å². The Labute approximate surface area is 79.5 Å². The maximum atomic E-state index is 5.32. The molecule has 2 nitrogen and oxygen atoms in total. The van der Waals surface area contributed by atoms with Gasteiger partial charge in [-0.25, -0.2) is 0 Å². The molecule has 0 aliphatic rings. The van der Waals surface area contributed by atoms with Crippen molar-refractivity contribution in [2.24, 2.45) is 0 Å². The van der Waals surface area contributed by atoms with Crippen molar-refractivity contribution >= 4 is 0 Å². The van der Waals surface area contributed by atoms with Gasteiger partial charge in [-0.05, 0) is 38.0 Å². The molecule has 2 heteroatoms. The van der Waals surface area contributed by atoms with Gasteiger partial charge in [0.2, 0.25) is 0 Å². The standard InChI is InChI=1S/C11H16O2/c1-7-6-10(12-4)9(3)11(13-5)8(7)2/h6H,1-5H3. The van der Waals surface area contributed by atoms with Crippen LogP contribution in [0.3, 0.4) is 0 Å². The van der Waals surface area contributed by atoms with Gasteiger partial charge in [-0.15, -0.1) is 0 Å². The van der Waals surface area contributed by atoms with Crippen LogP contribution in [0.25, 0.3) is 0 Å². The summed E-state index contributed by atoms with van der Waals surface area (Å²) in [6, 6.07) is 2.03.